The molecule has 42 heavy (non-hydrogen) atoms. The first kappa shape index (κ1) is 28.9. The van der Waals surface area contributed by atoms with E-state index in [4.69, 9.17) is 30.5 Å². The fraction of sp³-hybridized carbons (Fsp3) is 0.0645. The predicted molar refractivity (Wildman–Crippen MR) is 181 cm³/mol. The number of ether oxygens (including phenoxy) is 2. The van der Waals surface area contributed by atoms with Crippen molar-refractivity contribution in [2.75, 3.05) is 7.11 Å². The van der Waals surface area contributed by atoms with Crippen LogP contribution in [0.15, 0.2) is 102 Å². The average molecular weight is 820 g/mol. The minimum Gasteiger partial charge on any atom is -0.493 e. The first-order chi connectivity index (χ1) is 20.3. The van der Waals surface area contributed by atoms with Crippen LogP contribution in [0.25, 0.3) is 33.5 Å². The summed E-state index contributed by atoms with van der Waals surface area (Å²) < 4.78 is 21.8. The largest absolute Gasteiger partial charge is 0.493 e. The molecule has 0 amide bonds. The van der Waals surface area contributed by atoms with Crippen molar-refractivity contribution in [1.82, 2.24) is 9.66 Å². The van der Waals surface area contributed by atoms with Gasteiger partial charge in [0.1, 0.15) is 12.2 Å². The third kappa shape index (κ3) is 5.85. The molecule has 0 saturated carbocycles. The zero-order valence-corrected chi connectivity index (χ0v) is 27.9. The average Bonchev–Trinajstić information content (AvgIpc) is 3.39. The number of halogens is 4. The van der Waals surface area contributed by atoms with E-state index in [2.05, 4.69) is 59.6 Å². The fourth-order valence-corrected chi connectivity index (χ4v) is 6.51. The number of rotatable bonds is 7. The number of benzene rings is 4. The van der Waals surface area contributed by atoms with Crippen molar-refractivity contribution < 1.29 is 13.9 Å². The Hall–Kier alpha value is -3.19. The van der Waals surface area contributed by atoms with Crippen LogP contribution in [0.2, 0.25) is 5.02 Å². The highest BCUT2D eigenvalue weighted by molar-refractivity contribution is 14.1. The third-order valence-electron chi connectivity index (χ3n) is 6.41. The maximum absolute atomic E-state index is 13.6. The molecule has 11 heteroatoms. The van der Waals surface area contributed by atoms with E-state index < -0.39 is 0 Å². The van der Waals surface area contributed by atoms with Gasteiger partial charge in [0.25, 0.3) is 5.56 Å². The smallest absolute Gasteiger partial charge is 0.282 e. The van der Waals surface area contributed by atoms with Crippen LogP contribution in [-0.2, 0) is 6.61 Å². The van der Waals surface area contributed by atoms with Gasteiger partial charge in [-0.15, -0.1) is 0 Å². The maximum atomic E-state index is 13.6. The monoisotopic (exact) mass is 817 g/mol. The Kier molecular flexibility index (Phi) is 8.39. The van der Waals surface area contributed by atoms with Gasteiger partial charge in [-0.05, 0) is 88.8 Å². The summed E-state index contributed by atoms with van der Waals surface area (Å²) in [5.41, 5.74) is 2.53. The van der Waals surface area contributed by atoms with Gasteiger partial charge in [-0.25, -0.2) is 4.98 Å². The molecule has 4 aromatic carbocycles. The number of fused-ring (bicyclic) bond motifs is 2. The second-order valence-electron chi connectivity index (χ2n) is 9.17. The van der Waals surface area contributed by atoms with Crippen LogP contribution < -0.4 is 15.0 Å². The van der Waals surface area contributed by atoms with Crippen LogP contribution in [0, 0.1) is 3.57 Å². The van der Waals surface area contributed by atoms with Gasteiger partial charge in [-0.1, -0.05) is 61.7 Å². The number of hydrogen-bond acceptors (Lipinski definition) is 6. The molecule has 0 bridgehead atoms. The van der Waals surface area contributed by atoms with Crippen molar-refractivity contribution in [3.63, 3.8) is 0 Å². The highest BCUT2D eigenvalue weighted by Gasteiger charge is 2.17. The first-order valence-electron chi connectivity index (χ1n) is 12.5. The summed E-state index contributed by atoms with van der Waals surface area (Å²) in [4.78, 5) is 18.4. The Morgan fingerprint density at radius 1 is 1.07 bits per heavy atom. The number of hydrogen-bond donors (Lipinski definition) is 0. The first-order valence-corrected chi connectivity index (χ1v) is 15.5. The topological polar surface area (TPSA) is 78.9 Å². The highest BCUT2D eigenvalue weighted by Crippen LogP contribution is 2.35. The Balaban J connectivity index is 1.39. The molecule has 2 aromatic heterocycles. The van der Waals surface area contributed by atoms with Gasteiger partial charge in [-0.3, -0.25) is 4.79 Å². The zero-order valence-electron chi connectivity index (χ0n) is 21.8. The summed E-state index contributed by atoms with van der Waals surface area (Å²) >= 11 is 15.4. The lowest BCUT2D eigenvalue weighted by Crippen LogP contribution is -2.20. The molecule has 7 nitrogen and oxygen atoms in total. The van der Waals surface area contributed by atoms with Gasteiger partial charge in [0.2, 0.25) is 5.82 Å². The Labute approximate surface area is 275 Å². The molecule has 2 heterocycles. The van der Waals surface area contributed by atoms with Crippen LogP contribution >= 0.6 is 66.1 Å². The van der Waals surface area contributed by atoms with Crippen molar-refractivity contribution in [1.29, 1.82) is 0 Å². The molecular weight excluding hydrogens is 801 g/mol. The SMILES string of the molecule is COc1cc(C=Nn2c(-c3cc4cc(Cl)ccc4o3)nc3ccccc3c2=O)cc(I)c1OCc1ccc(Br)cc1Br. The van der Waals surface area contributed by atoms with E-state index in [1.54, 1.807) is 61.9 Å². The Morgan fingerprint density at radius 3 is 2.71 bits per heavy atom. The maximum Gasteiger partial charge on any atom is 0.282 e. The number of para-hydroxylation sites is 1. The second-order valence-corrected chi connectivity index (χ2v) is 12.5. The minimum atomic E-state index is -0.327. The van der Waals surface area contributed by atoms with E-state index in [0.717, 1.165) is 23.5 Å². The molecule has 0 radical (unpaired) electrons. The molecule has 0 N–H and O–H groups in total. The van der Waals surface area contributed by atoms with E-state index in [-0.39, 0.29) is 11.4 Å². The summed E-state index contributed by atoms with van der Waals surface area (Å²) in [5, 5.41) is 6.38. The lowest BCUT2D eigenvalue weighted by molar-refractivity contribution is 0.281. The van der Waals surface area contributed by atoms with E-state index in [1.165, 1.54) is 4.68 Å². The second kappa shape index (κ2) is 12.2. The number of methoxy groups -OCH3 is 1. The van der Waals surface area contributed by atoms with Gasteiger partial charge in [-0.2, -0.15) is 9.78 Å². The standard InChI is InChI=1S/C31H19Br2ClIN3O4/c1-40-27-11-17(10-24(35)29(27)41-16-18-6-7-20(32)14-23(18)33)15-36-38-30(37-25-5-3-2-4-22(25)31(38)39)28-13-19-12-21(34)8-9-26(19)42-28/h2-15H,16H2,1H3. The highest BCUT2D eigenvalue weighted by atomic mass is 127. The quantitative estimate of drug-likeness (QED) is 0.119. The van der Waals surface area contributed by atoms with Crippen LogP contribution in [0.3, 0.4) is 0 Å². The Morgan fingerprint density at radius 2 is 1.90 bits per heavy atom. The lowest BCUT2D eigenvalue weighted by Gasteiger charge is -2.14. The molecule has 0 aliphatic heterocycles. The number of aromatic nitrogens is 2. The molecule has 6 aromatic rings. The lowest BCUT2D eigenvalue weighted by atomic mass is 10.2. The molecule has 0 atom stereocenters. The molecule has 6 rings (SSSR count). The molecule has 0 saturated heterocycles. The van der Waals surface area contributed by atoms with Crippen molar-refractivity contribution in [3.8, 4) is 23.1 Å². The molecular formula is C31H19Br2ClIN3O4. The summed E-state index contributed by atoms with van der Waals surface area (Å²) in [6, 6.07) is 23.9. The van der Waals surface area contributed by atoms with Gasteiger partial charge >= 0.3 is 0 Å². The van der Waals surface area contributed by atoms with Gasteiger partial charge in [0, 0.05) is 24.9 Å². The van der Waals surface area contributed by atoms with Crippen LogP contribution in [-0.4, -0.2) is 23.0 Å². The van der Waals surface area contributed by atoms with Crippen molar-refractivity contribution in [2.24, 2.45) is 5.10 Å². The predicted octanol–water partition coefficient (Wildman–Crippen LogP) is 9.06. The molecule has 0 unspecified atom stereocenters. The van der Waals surface area contributed by atoms with Crippen molar-refractivity contribution in [3.05, 3.63) is 118 Å². The summed E-state index contributed by atoms with van der Waals surface area (Å²) in [6.07, 6.45) is 1.58. The van der Waals surface area contributed by atoms with Gasteiger partial charge in [0.05, 0.1) is 27.8 Å². The summed E-state index contributed by atoms with van der Waals surface area (Å²) in [7, 11) is 1.58. The molecule has 210 valence electrons. The molecule has 0 fully saturated rings. The summed E-state index contributed by atoms with van der Waals surface area (Å²) in [6.45, 7) is 0.345. The van der Waals surface area contributed by atoms with Gasteiger partial charge in [0.15, 0.2) is 17.3 Å². The van der Waals surface area contributed by atoms with Crippen molar-refractivity contribution >= 4 is 94.1 Å². The van der Waals surface area contributed by atoms with E-state index in [0.29, 0.717) is 50.9 Å². The number of nitrogens with zero attached hydrogens (tertiary/aromatic N) is 3. The van der Waals surface area contributed by atoms with Crippen LogP contribution in [0.1, 0.15) is 11.1 Å². The van der Waals surface area contributed by atoms with Gasteiger partial charge < -0.3 is 13.9 Å². The van der Waals surface area contributed by atoms with E-state index in [1.807, 2.05) is 30.3 Å². The zero-order chi connectivity index (χ0) is 29.4. The van der Waals surface area contributed by atoms with E-state index >= 15 is 0 Å². The normalized spacial score (nSPS) is 11.5. The van der Waals surface area contributed by atoms with E-state index in [9.17, 15) is 4.79 Å². The Bertz CT molecular complexity index is 2080. The fourth-order valence-electron chi connectivity index (χ4n) is 4.38. The van der Waals surface area contributed by atoms with Crippen LogP contribution in [0.5, 0.6) is 11.5 Å². The third-order valence-corrected chi connectivity index (χ3v) is 8.68. The molecule has 0 spiro atoms. The minimum absolute atomic E-state index is 0.268. The van der Waals surface area contributed by atoms with Crippen molar-refractivity contribution in [2.45, 2.75) is 6.61 Å². The van der Waals surface area contributed by atoms with Crippen LogP contribution in [0.4, 0.5) is 0 Å². The number of furan rings is 1. The molecule has 0 aliphatic carbocycles. The summed E-state index contributed by atoms with van der Waals surface area (Å²) in [5.74, 6) is 1.80. The molecule has 0 aliphatic rings.